The lowest BCUT2D eigenvalue weighted by Gasteiger charge is -2.29. The molecule has 0 spiro atoms. The highest BCUT2D eigenvalue weighted by Gasteiger charge is 2.43. The first-order valence-electron chi connectivity index (χ1n) is 6.47. The molecule has 1 saturated carbocycles. The van der Waals surface area contributed by atoms with Crippen LogP contribution >= 0.6 is 11.6 Å². The van der Waals surface area contributed by atoms with E-state index in [1.807, 2.05) is 0 Å². The summed E-state index contributed by atoms with van der Waals surface area (Å²) in [4.78, 5) is 19.5. The van der Waals surface area contributed by atoms with Crippen molar-refractivity contribution in [2.75, 3.05) is 5.43 Å². The zero-order chi connectivity index (χ0) is 15.5. The molecule has 9 heteroatoms. The maximum absolute atomic E-state index is 12.7. The fraction of sp³-hybridized carbons (Fsp3) is 0.583. The lowest BCUT2D eigenvalue weighted by Crippen LogP contribution is -2.39. The number of alkyl halides is 3. The average molecular weight is 323 g/mol. The molecule has 1 aliphatic rings. The van der Waals surface area contributed by atoms with Crippen molar-refractivity contribution in [3.8, 4) is 0 Å². The summed E-state index contributed by atoms with van der Waals surface area (Å²) in [6.45, 7) is 0. The average Bonchev–Trinajstić information content (AvgIpc) is 2.45. The Morgan fingerprint density at radius 2 is 2.00 bits per heavy atom. The number of hydrogen-bond donors (Lipinski definition) is 2. The van der Waals surface area contributed by atoms with Crippen molar-refractivity contribution >= 4 is 23.3 Å². The molecule has 2 rings (SSSR count). The normalized spacial score (nSPS) is 22.7. The first kappa shape index (κ1) is 15.8. The van der Waals surface area contributed by atoms with Crippen molar-refractivity contribution in [2.24, 2.45) is 11.8 Å². The summed E-state index contributed by atoms with van der Waals surface area (Å²) in [6.07, 6.45) is -0.782. The Morgan fingerprint density at radius 3 is 2.67 bits per heavy atom. The van der Waals surface area contributed by atoms with Crippen LogP contribution in [-0.4, -0.2) is 22.1 Å². The number of nitrogens with zero attached hydrogens (tertiary/aromatic N) is 2. The lowest BCUT2D eigenvalue weighted by molar-refractivity contribution is -0.186. The van der Waals surface area contributed by atoms with Crippen LogP contribution in [0.4, 0.5) is 19.0 Å². The molecule has 0 aromatic carbocycles. The second-order valence-corrected chi connectivity index (χ2v) is 5.27. The van der Waals surface area contributed by atoms with Crippen molar-refractivity contribution in [3.63, 3.8) is 0 Å². The highest BCUT2D eigenvalue weighted by molar-refractivity contribution is 6.31. The molecule has 1 aliphatic carbocycles. The van der Waals surface area contributed by atoms with Crippen molar-refractivity contribution < 1.29 is 18.0 Å². The Kier molecular flexibility index (Phi) is 4.87. The standard InChI is InChI=1S/C12H14ClF3N4O/c13-9-10(18-5-4-17-9)19-20-11(21)7-2-1-3-8(6-7)12(14,15)16/h4-5,7-8H,1-3,6H2,(H,18,19)(H,20,21). The lowest BCUT2D eigenvalue weighted by atomic mass is 9.80. The number of halogens is 4. The molecule has 1 aromatic rings. The molecule has 2 N–H and O–H groups in total. The van der Waals surface area contributed by atoms with Crippen LogP contribution in [0.5, 0.6) is 0 Å². The second-order valence-electron chi connectivity index (χ2n) is 4.91. The van der Waals surface area contributed by atoms with Gasteiger partial charge in [0, 0.05) is 18.3 Å². The van der Waals surface area contributed by atoms with Gasteiger partial charge < -0.3 is 0 Å². The monoisotopic (exact) mass is 322 g/mol. The molecular formula is C12H14ClF3N4O. The molecule has 1 amide bonds. The first-order valence-corrected chi connectivity index (χ1v) is 6.85. The van der Waals surface area contributed by atoms with Gasteiger partial charge in [-0.25, -0.2) is 9.97 Å². The molecule has 1 fully saturated rings. The number of carbonyl (C=O) groups is 1. The van der Waals surface area contributed by atoms with Gasteiger partial charge >= 0.3 is 6.18 Å². The molecule has 2 atom stereocenters. The maximum Gasteiger partial charge on any atom is 0.391 e. The number of nitrogens with one attached hydrogen (secondary N) is 2. The Labute approximate surface area is 124 Å². The summed E-state index contributed by atoms with van der Waals surface area (Å²) in [5.41, 5.74) is 4.82. The smallest absolute Gasteiger partial charge is 0.279 e. The zero-order valence-corrected chi connectivity index (χ0v) is 11.7. The molecule has 0 radical (unpaired) electrons. The quantitative estimate of drug-likeness (QED) is 0.840. The number of hydrazine groups is 1. The van der Waals surface area contributed by atoms with Gasteiger partial charge in [-0.1, -0.05) is 18.0 Å². The van der Waals surface area contributed by atoms with E-state index in [-0.39, 0.29) is 23.8 Å². The summed E-state index contributed by atoms with van der Waals surface area (Å²) >= 11 is 5.74. The SMILES string of the molecule is O=C(NNc1nccnc1Cl)C1CCCC(C(F)(F)F)C1. The fourth-order valence-corrected chi connectivity index (χ4v) is 2.51. The van der Waals surface area contributed by atoms with E-state index in [4.69, 9.17) is 11.6 Å². The molecular weight excluding hydrogens is 309 g/mol. The maximum atomic E-state index is 12.7. The third kappa shape index (κ3) is 4.20. The highest BCUT2D eigenvalue weighted by atomic mass is 35.5. The van der Waals surface area contributed by atoms with Crippen LogP contribution in [0.3, 0.4) is 0 Å². The van der Waals surface area contributed by atoms with Gasteiger partial charge in [-0.05, 0) is 19.3 Å². The molecule has 0 saturated heterocycles. The number of hydrogen-bond acceptors (Lipinski definition) is 4. The number of rotatable bonds is 3. The molecule has 2 unspecified atom stereocenters. The largest absolute Gasteiger partial charge is 0.391 e. The van der Waals surface area contributed by atoms with Crippen LogP contribution < -0.4 is 10.9 Å². The second kappa shape index (κ2) is 6.46. The van der Waals surface area contributed by atoms with Crippen molar-refractivity contribution in [3.05, 3.63) is 17.5 Å². The predicted octanol–water partition coefficient (Wildman–Crippen LogP) is 2.94. The number of carbonyl (C=O) groups excluding carboxylic acids is 1. The molecule has 0 aliphatic heterocycles. The van der Waals surface area contributed by atoms with E-state index in [0.29, 0.717) is 12.8 Å². The van der Waals surface area contributed by atoms with Crippen molar-refractivity contribution in [1.29, 1.82) is 0 Å². The Balaban J connectivity index is 1.90. The van der Waals surface area contributed by atoms with E-state index >= 15 is 0 Å². The van der Waals surface area contributed by atoms with Gasteiger partial charge in [0.05, 0.1) is 5.92 Å². The van der Waals surface area contributed by atoms with Gasteiger partial charge in [-0.2, -0.15) is 13.2 Å². The van der Waals surface area contributed by atoms with Crippen LogP contribution in [0.15, 0.2) is 12.4 Å². The summed E-state index contributed by atoms with van der Waals surface area (Å²) in [7, 11) is 0. The fourth-order valence-electron chi connectivity index (χ4n) is 2.35. The van der Waals surface area contributed by atoms with Crippen molar-refractivity contribution in [1.82, 2.24) is 15.4 Å². The van der Waals surface area contributed by atoms with E-state index in [0.717, 1.165) is 0 Å². The van der Waals surface area contributed by atoms with Gasteiger partial charge in [0.15, 0.2) is 11.0 Å². The van der Waals surface area contributed by atoms with Crippen LogP contribution in [0, 0.1) is 11.8 Å². The van der Waals surface area contributed by atoms with Crippen LogP contribution in [0.1, 0.15) is 25.7 Å². The molecule has 1 aromatic heterocycles. The zero-order valence-electron chi connectivity index (χ0n) is 11.0. The number of amides is 1. The van der Waals surface area contributed by atoms with E-state index < -0.39 is 23.9 Å². The van der Waals surface area contributed by atoms with Gasteiger partial charge in [-0.3, -0.25) is 15.6 Å². The highest BCUT2D eigenvalue weighted by Crippen LogP contribution is 2.39. The summed E-state index contributed by atoms with van der Waals surface area (Å²) in [5, 5.41) is 0.0645. The van der Waals surface area contributed by atoms with Crippen LogP contribution in [-0.2, 0) is 4.79 Å². The third-order valence-corrected chi connectivity index (χ3v) is 3.74. The molecule has 21 heavy (non-hydrogen) atoms. The molecule has 0 bridgehead atoms. The first-order chi connectivity index (χ1) is 9.88. The topological polar surface area (TPSA) is 66.9 Å². The van der Waals surface area contributed by atoms with E-state index in [1.54, 1.807) is 0 Å². The van der Waals surface area contributed by atoms with Crippen molar-refractivity contribution in [2.45, 2.75) is 31.9 Å². The third-order valence-electron chi connectivity index (χ3n) is 3.47. The minimum atomic E-state index is -4.25. The van der Waals surface area contributed by atoms with E-state index in [9.17, 15) is 18.0 Å². The summed E-state index contributed by atoms with van der Waals surface area (Å²) in [6, 6.07) is 0. The molecule has 1 heterocycles. The molecule has 116 valence electrons. The minimum absolute atomic E-state index is 0.0645. The Morgan fingerprint density at radius 1 is 1.29 bits per heavy atom. The van der Waals surface area contributed by atoms with Gasteiger partial charge in [0.1, 0.15) is 0 Å². The molecule has 5 nitrogen and oxygen atoms in total. The summed E-state index contributed by atoms with van der Waals surface area (Å²) < 4.78 is 38.1. The predicted molar refractivity (Wildman–Crippen MR) is 70.3 cm³/mol. The summed E-state index contributed by atoms with van der Waals surface area (Å²) in [5.74, 6) is -2.43. The van der Waals surface area contributed by atoms with Crippen LogP contribution in [0.2, 0.25) is 5.15 Å². The van der Waals surface area contributed by atoms with E-state index in [2.05, 4.69) is 20.8 Å². The van der Waals surface area contributed by atoms with Crippen LogP contribution in [0.25, 0.3) is 0 Å². The van der Waals surface area contributed by atoms with Gasteiger partial charge in [0.25, 0.3) is 0 Å². The Hall–Kier alpha value is -1.57. The van der Waals surface area contributed by atoms with Gasteiger partial charge in [-0.15, -0.1) is 0 Å². The number of aromatic nitrogens is 2. The van der Waals surface area contributed by atoms with E-state index in [1.165, 1.54) is 12.4 Å². The van der Waals surface area contributed by atoms with Gasteiger partial charge in [0.2, 0.25) is 5.91 Å². The Bertz CT molecular complexity index is 512. The number of anilines is 1. The minimum Gasteiger partial charge on any atom is -0.279 e.